The summed E-state index contributed by atoms with van der Waals surface area (Å²) >= 11 is 0. The molecule has 1 N–H and O–H groups in total. The molecular weight excluding hydrogens is 442 g/mol. The molecule has 1 aliphatic heterocycles. The molecular formula is C24H25N3O5S. The zero-order valence-electron chi connectivity index (χ0n) is 18.7. The van der Waals surface area contributed by atoms with Gasteiger partial charge in [0.25, 0.3) is 15.9 Å². The summed E-state index contributed by atoms with van der Waals surface area (Å²) in [4.78, 5) is 12.8. The molecule has 9 heteroatoms. The number of fused-ring (bicyclic) bond motifs is 1. The summed E-state index contributed by atoms with van der Waals surface area (Å²) in [6.07, 6.45) is 5.67. The fourth-order valence-corrected chi connectivity index (χ4v) is 5.19. The Bertz CT molecular complexity index is 1330. The van der Waals surface area contributed by atoms with E-state index in [4.69, 9.17) is 9.47 Å². The Kier molecular flexibility index (Phi) is 5.75. The van der Waals surface area contributed by atoms with Crippen LogP contribution in [0.1, 0.15) is 40.9 Å². The summed E-state index contributed by atoms with van der Waals surface area (Å²) in [6.45, 7) is 8.04. The predicted octanol–water partition coefficient (Wildman–Crippen LogP) is 3.42. The van der Waals surface area contributed by atoms with Crippen LogP contribution >= 0.6 is 0 Å². The van der Waals surface area contributed by atoms with Gasteiger partial charge in [0, 0.05) is 24.4 Å². The molecule has 0 saturated carbocycles. The first-order valence-electron chi connectivity index (χ1n) is 10.3. The second-order valence-electron chi connectivity index (χ2n) is 8.38. The summed E-state index contributed by atoms with van der Waals surface area (Å²) in [5, 5.41) is 4.18. The van der Waals surface area contributed by atoms with E-state index in [1.54, 1.807) is 47.3 Å². The van der Waals surface area contributed by atoms with Crippen molar-refractivity contribution < 1.29 is 22.7 Å². The van der Waals surface area contributed by atoms with Crippen LogP contribution in [0.15, 0.2) is 60.3 Å². The second kappa shape index (κ2) is 8.40. The lowest BCUT2D eigenvalue weighted by Crippen LogP contribution is -2.31. The molecule has 172 valence electrons. The Morgan fingerprint density at radius 3 is 2.79 bits per heavy atom. The van der Waals surface area contributed by atoms with E-state index in [-0.39, 0.29) is 22.0 Å². The van der Waals surface area contributed by atoms with Crippen molar-refractivity contribution in [3.63, 3.8) is 0 Å². The zero-order valence-corrected chi connectivity index (χ0v) is 19.5. The third-order valence-electron chi connectivity index (χ3n) is 5.39. The number of hydrogen-bond acceptors (Lipinski definition) is 6. The van der Waals surface area contributed by atoms with E-state index >= 15 is 0 Å². The van der Waals surface area contributed by atoms with Crippen LogP contribution in [0.2, 0.25) is 0 Å². The molecule has 33 heavy (non-hydrogen) atoms. The molecule has 3 aromatic rings. The number of nitrogens with zero attached hydrogens (tertiary/aromatic N) is 2. The quantitative estimate of drug-likeness (QED) is 0.572. The van der Waals surface area contributed by atoms with Gasteiger partial charge in [-0.2, -0.15) is 5.10 Å². The number of nitrogens with one attached hydrogen (secondary N) is 1. The van der Waals surface area contributed by atoms with Crippen molar-refractivity contribution in [1.82, 2.24) is 14.5 Å². The van der Waals surface area contributed by atoms with Crippen molar-refractivity contribution in [2.45, 2.75) is 37.3 Å². The number of hydrogen-bond donors (Lipinski definition) is 1. The first-order chi connectivity index (χ1) is 15.6. The van der Waals surface area contributed by atoms with Gasteiger partial charge in [0.2, 0.25) is 0 Å². The van der Waals surface area contributed by atoms with E-state index in [1.165, 1.54) is 7.11 Å². The average Bonchev–Trinajstić information content (AvgIpc) is 3.38. The van der Waals surface area contributed by atoms with E-state index < -0.39 is 21.5 Å². The average molecular weight is 468 g/mol. The van der Waals surface area contributed by atoms with Crippen LogP contribution in [0, 0.1) is 0 Å². The maximum absolute atomic E-state index is 13.3. The normalized spacial score (nSPS) is 14.3. The molecule has 0 bridgehead atoms. The maximum atomic E-state index is 13.3. The van der Waals surface area contributed by atoms with Gasteiger partial charge in [-0.15, -0.1) is 0 Å². The van der Waals surface area contributed by atoms with Gasteiger partial charge < -0.3 is 9.47 Å². The van der Waals surface area contributed by atoms with Crippen molar-refractivity contribution in [2.75, 3.05) is 7.11 Å². The molecule has 2 heterocycles. The van der Waals surface area contributed by atoms with E-state index in [0.717, 1.165) is 11.1 Å². The van der Waals surface area contributed by atoms with Crippen LogP contribution in [0.3, 0.4) is 0 Å². The molecule has 2 aromatic carbocycles. The molecule has 4 rings (SSSR count). The number of benzene rings is 2. The van der Waals surface area contributed by atoms with Gasteiger partial charge in [0.1, 0.15) is 17.1 Å². The summed E-state index contributed by atoms with van der Waals surface area (Å²) in [6, 6.07) is 10.1. The van der Waals surface area contributed by atoms with Crippen LogP contribution < -0.4 is 14.2 Å². The Hall–Kier alpha value is -3.59. The standard InChI is InChI=1S/C24H25N3O5S/c1-5-16-13-17(7-8-19(16)15-27-12-6-11-25-27)23(28)26-33(29,30)22-20(31-4)10-9-18-14-24(2,3)32-21(18)22/h5-13H,1,14-15H2,2-4H3,(H,26,28). The second-order valence-corrected chi connectivity index (χ2v) is 10.00. The van der Waals surface area contributed by atoms with E-state index in [1.807, 2.05) is 26.1 Å². The van der Waals surface area contributed by atoms with E-state index in [0.29, 0.717) is 18.5 Å². The smallest absolute Gasteiger partial charge is 0.271 e. The minimum Gasteiger partial charge on any atom is -0.495 e. The number of methoxy groups -OCH3 is 1. The Morgan fingerprint density at radius 1 is 1.33 bits per heavy atom. The Balaban J connectivity index is 1.64. The highest BCUT2D eigenvalue weighted by molar-refractivity contribution is 7.90. The number of amides is 1. The van der Waals surface area contributed by atoms with Gasteiger partial charge in [-0.05, 0) is 54.8 Å². The summed E-state index contributed by atoms with van der Waals surface area (Å²) in [7, 11) is -2.91. The minimum absolute atomic E-state index is 0.105. The molecule has 0 radical (unpaired) electrons. The van der Waals surface area contributed by atoms with Gasteiger partial charge >= 0.3 is 0 Å². The van der Waals surface area contributed by atoms with Crippen LogP contribution in [0.4, 0.5) is 0 Å². The monoisotopic (exact) mass is 467 g/mol. The lowest BCUT2D eigenvalue weighted by Gasteiger charge is -2.19. The maximum Gasteiger partial charge on any atom is 0.271 e. The van der Waals surface area contributed by atoms with Crippen molar-refractivity contribution in [1.29, 1.82) is 0 Å². The SMILES string of the molecule is C=Cc1cc(C(=O)NS(=O)(=O)c2c(OC)ccc3c2OC(C)(C)C3)ccc1Cn1cccn1. The van der Waals surface area contributed by atoms with E-state index in [2.05, 4.69) is 16.4 Å². The first kappa shape index (κ1) is 22.6. The highest BCUT2D eigenvalue weighted by atomic mass is 32.2. The summed E-state index contributed by atoms with van der Waals surface area (Å²) < 4.78 is 41.7. The molecule has 0 unspecified atom stereocenters. The number of aromatic nitrogens is 2. The van der Waals surface area contributed by atoms with Crippen molar-refractivity contribution in [2.24, 2.45) is 0 Å². The van der Waals surface area contributed by atoms with Gasteiger partial charge in [-0.25, -0.2) is 13.1 Å². The Labute approximate surface area is 192 Å². The topological polar surface area (TPSA) is 99.5 Å². The highest BCUT2D eigenvalue weighted by Crippen LogP contribution is 2.44. The van der Waals surface area contributed by atoms with Gasteiger partial charge in [-0.1, -0.05) is 24.8 Å². The van der Waals surface area contributed by atoms with Crippen LogP contribution in [0.5, 0.6) is 11.5 Å². The number of carbonyl (C=O) groups excluding carboxylic acids is 1. The number of rotatable bonds is 7. The lowest BCUT2D eigenvalue weighted by atomic mass is 10.0. The van der Waals surface area contributed by atoms with Crippen LogP contribution in [0.25, 0.3) is 6.08 Å². The Morgan fingerprint density at radius 2 is 2.12 bits per heavy atom. The molecule has 0 atom stereocenters. The number of carbonyl (C=O) groups is 1. The van der Waals surface area contributed by atoms with Crippen molar-refractivity contribution in [3.8, 4) is 11.5 Å². The van der Waals surface area contributed by atoms with Crippen LogP contribution in [-0.2, 0) is 23.0 Å². The third kappa shape index (κ3) is 4.49. The van der Waals surface area contributed by atoms with Gasteiger partial charge in [-0.3, -0.25) is 9.48 Å². The lowest BCUT2D eigenvalue weighted by molar-refractivity contribution is 0.0981. The third-order valence-corrected chi connectivity index (χ3v) is 6.77. The molecule has 0 fully saturated rings. The summed E-state index contributed by atoms with van der Waals surface area (Å²) in [5.74, 6) is -0.449. The molecule has 1 aromatic heterocycles. The van der Waals surface area contributed by atoms with Crippen molar-refractivity contribution >= 4 is 22.0 Å². The molecule has 8 nitrogen and oxygen atoms in total. The largest absolute Gasteiger partial charge is 0.495 e. The summed E-state index contributed by atoms with van der Waals surface area (Å²) in [5.41, 5.74) is 1.97. The van der Waals surface area contributed by atoms with Crippen molar-refractivity contribution in [3.05, 3.63) is 77.6 Å². The minimum atomic E-state index is -4.29. The van der Waals surface area contributed by atoms with E-state index in [9.17, 15) is 13.2 Å². The molecule has 1 aliphatic rings. The number of ether oxygens (including phenoxy) is 2. The zero-order chi connectivity index (χ0) is 23.8. The number of sulfonamides is 1. The molecule has 1 amide bonds. The van der Waals surface area contributed by atoms with Gasteiger partial charge in [0.05, 0.1) is 13.7 Å². The van der Waals surface area contributed by atoms with Crippen LogP contribution in [-0.4, -0.2) is 36.8 Å². The fraction of sp³-hybridized carbons (Fsp3) is 0.250. The molecule has 0 spiro atoms. The van der Waals surface area contributed by atoms with Gasteiger partial charge in [0.15, 0.2) is 4.90 Å². The fourth-order valence-electron chi connectivity index (χ4n) is 3.89. The highest BCUT2D eigenvalue weighted by Gasteiger charge is 2.38. The molecule has 0 aliphatic carbocycles. The predicted molar refractivity (Wildman–Crippen MR) is 124 cm³/mol. The first-order valence-corrected chi connectivity index (χ1v) is 11.8. The molecule has 0 saturated heterocycles.